The van der Waals surface area contributed by atoms with Crippen molar-refractivity contribution in [2.75, 3.05) is 13.1 Å². The van der Waals surface area contributed by atoms with Crippen LogP contribution in [0.1, 0.15) is 37.8 Å². The van der Waals surface area contributed by atoms with E-state index in [0.29, 0.717) is 37.5 Å². The van der Waals surface area contributed by atoms with Gasteiger partial charge in [-0.3, -0.25) is 4.90 Å². The molecule has 1 aromatic rings. The Labute approximate surface area is 121 Å². The summed E-state index contributed by atoms with van der Waals surface area (Å²) in [4.78, 5) is 2.18. The lowest BCUT2D eigenvalue weighted by Crippen LogP contribution is -2.41. The van der Waals surface area contributed by atoms with Crippen LogP contribution >= 0.6 is 0 Å². The molecule has 8 heteroatoms. The molecule has 3 rings (SSSR count). The van der Waals surface area contributed by atoms with Crippen molar-refractivity contribution >= 4 is 0 Å². The zero-order valence-electron chi connectivity index (χ0n) is 12.0. The SMILES string of the molecule is CC(CCNC1CC1)N1CCn2c(nnc2C(F)(F)F)C1. The van der Waals surface area contributed by atoms with Gasteiger partial charge in [0.1, 0.15) is 5.82 Å². The molecule has 1 atom stereocenters. The Bertz CT molecular complexity index is 494. The highest BCUT2D eigenvalue weighted by Crippen LogP contribution is 2.29. The summed E-state index contributed by atoms with van der Waals surface area (Å²) < 4.78 is 39.5. The zero-order valence-corrected chi connectivity index (χ0v) is 12.0. The average Bonchev–Trinajstić information content (AvgIpc) is 3.13. The Kier molecular flexibility index (Phi) is 3.92. The predicted octanol–water partition coefficient (Wildman–Crippen LogP) is 1.64. The minimum Gasteiger partial charge on any atom is -0.314 e. The van der Waals surface area contributed by atoms with Gasteiger partial charge in [-0.05, 0) is 32.7 Å². The van der Waals surface area contributed by atoms with Gasteiger partial charge < -0.3 is 9.88 Å². The van der Waals surface area contributed by atoms with Gasteiger partial charge in [0.2, 0.25) is 5.82 Å². The lowest BCUT2D eigenvalue weighted by Gasteiger charge is -2.33. The highest BCUT2D eigenvalue weighted by molar-refractivity contribution is 5.02. The Morgan fingerprint density at radius 2 is 2.05 bits per heavy atom. The molecule has 1 aliphatic carbocycles. The highest BCUT2D eigenvalue weighted by Gasteiger charge is 2.39. The van der Waals surface area contributed by atoms with Crippen molar-refractivity contribution in [3.05, 3.63) is 11.6 Å². The van der Waals surface area contributed by atoms with Gasteiger partial charge in [0.25, 0.3) is 0 Å². The van der Waals surface area contributed by atoms with E-state index in [0.717, 1.165) is 13.0 Å². The van der Waals surface area contributed by atoms with Gasteiger partial charge in [0.05, 0.1) is 6.54 Å². The number of nitrogens with zero attached hydrogens (tertiary/aromatic N) is 4. The summed E-state index contributed by atoms with van der Waals surface area (Å²) in [5.74, 6) is -0.462. The molecular weight excluding hydrogens is 283 g/mol. The third-order valence-corrected chi connectivity index (χ3v) is 4.23. The molecule has 0 saturated heterocycles. The molecular formula is C13H20F3N5. The fraction of sp³-hybridized carbons (Fsp3) is 0.846. The van der Waals surface area contributed by atoms with E-state index in [2.05, 4.69) is 27.3 Å². The Hall–Kier alpha value is -1.15. The normalized spacial score (nSPS) is 21.3. The highest BCUT2D eigenvalue weighted by atomic mass is 19.4. The molecule has 1 aliphatic heterocycles. The first-order valence-electron chi connectivity index (χ1n) is 7.42. The van der Waals surface area contributed by atoms with Crippen molar-refractivity contribution in [1.82, 2.24) is 25.0 Å². The van der Waals surface area contributed by atoms with Crippen LogP contribution in [0.3, 0.4) is 0 Å². The Morgan fingerprint density at radius 1 is 1.29 bits per heavy atom. The molecule has 0 spiro atoms. The molecule has 21 heavy (non-hydrogen) atoms. The largest absolute Gasteiger partial charge is 0.451 e. The van der Waals surface area contributed by atoms with Gasteiger partial charge in [-0.2, -0.15) is 13.2 Å². The van der Waals surface area contributed by atoms with Crippen molar-refractivity contribution in [2.45, 2.75) is 57.5 Å². The van der Waals surface area contributed by atoms with Gasteiger partial charge >= 0.3 is 6.18 Å². The van der Waals surface area contributed by atoms with Crippen LogP contribution in [0.15, 0.2) is 0 Å². The molecule has 5 nitrogen and oxygen atoms in total. The Morgan fingerprint density at radius 3 is 2.71 bits per heavy atom. The molecule has 0 bridgehead atoms. The summed E-state index contributed by atoms with van der Waals surface area (Å²) in [5.41, 5.74) is 0. The van der Waals surface area contributed by atoms with E-state index < -0.39 is 12.0 Å². The summed E-state index contributed by atoms with van der Waals surface area (Å²) in [7, 11) is 0. The number of rotatable bonds is 5. The number of nitrogens with one attached hydrogen (secondary N) is 1. The van der Waals surface area contributed by atoms with Gasteiger partial charge in [-0.1, -0.05) is 0 Å². The molecule has 0 amide bonds. The van der Waals surface area contributed by atoms with Gasteiger partial charge in [0.15, 0.2) is 0 Å². The Balaban J connectivity index is 1.57. The molecule has 2 heterocycles. The summed E-state index contributed by atoms with van der Waals surface area (Å²) in [6, 6.07) is 1.02. The van der Waals surface area contributed by atoms with Crippen LogP contribution < -0.4 is 5.32 Å². The van der Waals surface area contributed by atoms with E-state index >= 15 is 0 Å². The van der Waals surface area contributed by atoms with E-state index in [1.165, 1.54) is 17.4 Å². The summed E-state index contributed by atoms with van der Waals surface area (Å²) in [5, 5.41) is 10.5. The third kappa shape index (κ3) is 3.37. The number of aromatic nitrogens is 3. The smallest absolute Gasteiger partial charge is 0.314 e. The lowest BCUT2D eigenvalue weighted by atomic mass is 10.1. The minimum atomic E-state index is -4.42. The number of fused-ring (bicyclic) bond motifs is 1. The molecule has 1 unspecified atom stereocenters. The van der Waals surface area contributed by atoms with Crippen molar-refractivity contribution < 1.29 is 13.2 Å². The van der Waals surface area contributed by atoms with E-state index in [4.69, 9.17) is 0 Å². The number of alkyl halides is 3. The van der Waals surface area contributed by atoms with Crippen molar-refractivity contribution in [1.29, 1.82) is 0 Å². The average molecular weight is 303 g/mol. The minimum absolute atomic E-state index is 0.303. The number of halogens is 3. The van der Waals surface area contributed by atoms with Crippen molar-refractivity contribution in [3.63, 3.8) is 0 Å². The van der Waals surface area contributed by atoms with E-state index in [1.54, 1.807) is 0 Å². The maximum Gasteiger partial charge on any atom is 0.451 e. The van der Waals surface area contributed by atoms with E-state index in [-0.39, 0.29) is 0 Å². The fourth-order valence-corrected chi connectivity index (χ4v) is 2.73. The second kappa shape index (κ2) is 5.57. The molecule has 0 aromatic carbocycles. The second-order valence-electron chi connectivity index (χ2n) is 5.93. The summed E-state index contributed by atoms with van der Waals surface area (Å²) in [6.07, 6.45) is -0.896. The maximum atomic E-state index is 12.8. The van der Waals surface area contributed by atoms with Crippen LogP contribution in [0.25, 0.3) is 0 Å². The monoisotopic (exact) mass is 303 g/mol. The van der Waals surface area contributed by atoms with Gasteiger partial charge in [0, 0.05) is 25.2 Å². The van der Waals surface area contributed by atoms with Crippen LogP contribution in [0, 0.1) is 0 Å². The van der Waals surface area contributed by atoms with Crippen LogP contribution in [0.4, 0.5) is 13.2 Å². The van der Waals surface area contributed by atoms with Crippen molar-refractivity contribution in [2.24, 2.45) is 0 Å². The van der Waals surface area contributed by atoms with Crippen molar-refractivity contribution in [3.8, 4) is 0 Å². The first-order valence-corrected chi connectivity index (χ1v) is 7.42. The molecule has 1 aromatic heterocycles. The van der Waals surface area contributed by atoms with Crippen LogP contribution in [-0.2, 0) is 19.3 Å². The number of hydrogen-bond acceptors (Lipinski definition) is 4. The fourth-order valence-electron chi connectivity index (χ4n) is 2.73. The quantitative estimate of drug-likeness (QED) is 0.898. The predicted molar refractivity (Wildman–Crippen MR) is 70.5 cm³/mol. The molecule has 118 valence electrons. The van der Waals surface area contributed by atoms with Crippen LogP contribution in [-0.4, -0.2) is 44.8 Å². The maximum absolute atomic E-state index is 12.8. The first kappa shape index (κ1) is 14.8. The standard InChI is InChI=1S/C13H20F3N5/c1-9(4-5-17-10-2-3-10)20-6-7-21-11(8-20)18-19-12(21)13(14,15)16/h9-10,17H,2-8H2,1H3. The van der Waals surface area contributed by atoms with E-state index in [9.17, 15) is 13.2 Å². The second-order valence-corrected chi connectivity index (χ2v) is 5.93. The van der Waals surface area contributed by atoms with Gasteiger partial charge in [-0.25, -0.2) is 0 Å². The molecule has 2 aliphatic rings. The number of hydrogen-bond donors (Lipinski definition) is 1. The first-order chi connectivity index (χ1) is 9.95. The molecule has 0 radical (unpaired) electrons. The molecule has 1 N–H and O–H groups in total. The molecule has 1 saturated carbocycles. The van der Waals surface area contributed by atoms with E-state index in [1.807, 2.05) is 0 Å². The summed E-state index contributed by atoms with van der Waals surface area (Å²) >= 11 is 0. The lowest BCUT2D eigenvalue weighted by molar-refractivity contribution is -0.148. The van der Waals surface area contributed by atoms with Crippen LogP contribution in [0.5, 0.6) is 0 Å². The summed E-state index contributed by atoms with van der Waals surface area (Å²) in [6.45, 7) is 4.43. The van der Waals surface area contributed by atoms with Crippen LogP contribution in [0.2, 0.25) is 0 Å². The topological polar surface area (TPSA) is 46.0 Å². The zero-order chi connectivity index (χ0) is 15.0. The molecule has 1 fully saturated rings. The third-order valence-electron chi connectivity index (χ3n) is 4.23. The van der Waals surface area contributed by atoms with Gasteiger partial charge in [-0.15, -0.1) is 10.2 Å².